The van der Waals surface area contributed by atoms with Crippen molar-refractivity contribution in [3.05, 3.63) is 88.5 Å². The average Bonchev–Trinajstić information content (AvgIpc) is 3.72. The molecule has 2 atom stereocenters. The number of fused-ring (bicyclic) bond motifs is 2. The van der Waals surface area contributed by atoms with E-state index in [0.717, 1.165) is 33.4 Å². The zero-order valence-electron chi connectivity index (χ0n) is 27.4. The summed E-state index contributed by atoms with van der Waals surface area (Å²) < 4.78 is 3.93. The van der Waals surface area contributed by atoms with Gasteiger partial charge in [0.1, 0.15) is 11.5 Å². The maximum Gasteiger partial charge on any atom is 0.350 e. The molecule has 0 spiro atoms. The molecule has 0 bridgehead atoms. The van der Waals surface area contributed by atoms with Crippen LogP contribution in [0.3, 0.4) is 0 Å². The first-order valence-electron chi connectivity index (χ1n) is 15.5. The number of hydrogen-bond donors (Lipinski definition) is 4. The lowest BCUT2D eigenvalue weighted by Crippen LogP contribution is -2.63. The number of nitrogen functional groups attached to an aromatic ring is 1. The quantitative estimate of drug-likeness (QED) is 0.0364. The number of ketones is 1. The number of carboxylic acid groups (broad SMARTS) is 2. The van der Waals surface area contributed by atoms with Crippen LogP contribution >= 0.6 is 23.1 Å². The summed E-state index contributed by atoms with van der Waals surface area (Å²) in [4.78, 5) is 61.3. The Morgan fingerprint density at radius 1 is 1.20 bits per heavy atom. The second-order valence-electron chi connectivity index (χ2n) is 12.4. The fraction of sp³-hybridized carbons (Fsp3) is 0.273. The number of thioether (sulfide) groups is 1. The minimum absolute atomic E-state index is 0.0728. The molecule has 264 valence electrons. The van der Waals surface area contributed by atoms with Gasteiger partial charge >= 0.3 is 5.97 Å². The summed E-state index contributed by atoms with van der Waals surface area (Å²) in [6.07, 6.45) is 5.38. The lowest BCUT2D eigenvalue weighted by Gasteiger charge is -2.50. The number of aliphatic carboxylic acids is 2. The van der Waals surface area contributed by atoms with Crippen molar-refractivity contribution in [2.45, 2.75) is 44.3 Å². The number of thiazole rings is 1. The van der Waals surface area contributed by atoms with Crippen LogP contribution in [-0.2, 0) is 37.1 Å². The minimum atomic E-state index is -1.75. The zero-order chi connectivity index (χ0) is 36.6. The van der Waals surface area contributed by atoms with Crippen molar-refractivity contribution in [3.8, 4) is 0 Å². The van der Waals surface area contributed by atoms with Gasteiger partial charge in [-0.2, -0.15) is 5.10 Å². The number of carboxylic acids is 2. The van der Waals surface area contributed by atoms with E-state index in [9.17, 15) is 29.4 Å². The zero-order valence-corrected chi connectivity index (χ0v) is 29.0. The largest absolute Gasteiger partial charge is 0.543 e. The van der Waals surface area contributed by atoms with Gasteiger partial charge in [-0.1, -0.05) is 29.4 Å². The number of nitrogens with zero attached hydrogens (tertiary/aromatic N) is 6. The third-order valence-corrected chi connectivity index (χ3v) is 10.6. The van der Waals surface area contributed by atoms with E-state index in [4.69, 9.17) is 22.1 Å². The maximum atomic E-state index is 13.5. The van der Waals surface area contributed by atoms with E-state index in [1.807, 2.05) is 59.6 Å². The van der Waals surface area contributed by atoms with E-state index in [1.165, 1.54) is 35.9 Å². The number of amidine groups is 1. The van der Waals surface area contributed by atoms with E-state index in [1.54, 1.807) is 0 Å². The van der Waals surface area contributed by atoms with Crippen molar-refractivity contribution in [1.82, 2.24) is 14.5 Å². The Labute approximate surface area is 298 Å². The Kier molecular flexibility index (Phi) is 9.54. The highest BCUT2D eigenvalue weighted by atomic mass is 32.2. The van der Waals surface area contributed by atoms with Gasteiger partial charge in [0.25, 0.3) is 0 Å². The Morgan fingerprint density at radius 3 is 2.59 bits per heavy atom. The Hall–Kier alpha value is -5.75. The molecule has 2 aliphatic heterocycles. The molecule has 4 aromatic rings. The van der Waals surface area contributed by atoms with E-state index in [2.05, 4.69) is 19.8 Å². The van der Waals surface area contributed by atoms with Crippen LogP contribution in [0.1, 0.15) is 37.1 Å². The van der Waals surface area contributed by atoms with Gasteiger partial charge in [-0.05, 0) is 25.5 Å². The summed E-state index contributed by atoms with van der Waals surface area (Å²) in [6.45, 7) is 3.33. The van der Waals surface area contributed by atoms with Crippen LogP contribution in [0.5, 0.6) is 0 Å². The number of hydrogen-bond acceptors (Lipinski definition) is 13. The number of benzene rings is 1. The first kappa shape index (κ1) is 35.1. The topological polar surface area (TPSA) is 249 Å². The van der Waals surface area contributed by atoms with Crippen LogP contribution in [0.25, 0.3) is 10.9 Å². The van der Waals surface area contributed by atoms with E-state index < -0.39 is 40.5 Å². The number of amides is 1. The molecule has 1 saturated heterocycles. The van der Waals surface area contributed by atoms with Gasteiger partial charge < -0.3 is 41.7 Å². The normalized spacial score (nSPS) is 18.1. The summed E-state index contributed by atoms with van der Waals surface area (Å²) in [5, 5.41) is 31.1. The van der Waals surface area contributed by atoms with Gasteiger partial charge in [-0.25, -0.2) is 14.3 Å². The van der Waals surface area contributed by atoms with Gasteiger partial charge in [-0.3, -0.25) is 14.5 Å². The smallest absolute Gasteiger partial charge is 0.350 e. The molecule has 1 aromatic carbocycles. The third-order valence-electron chi connectivity index (χ3n) is 8.55. The number of Topliss-reactive ketones (excluding diaryl/α,β-unsaturated/α-hetero) is 1. The molecule has 0 aliphatic carbocycles. The van der Waals surface area contributed by atoms with Crippen LogP contribution in [0.2, 0.25) is 0 Å². The lowest BCUT2D eigenvalue weighted by molar-refractivity contribution is -0.687. The molecule has 0 radical (unpaired) electrons. The van der Waals surface area contributed by atoms with Crippen molar-refractivity contribution in [1.29, 1.82) is 0 Å². The van der Waals surface area contributed by atoms with Crippen LogP contribution in [0.4, 0.5) is 5.13 Å². The van der Waals surface area contributed by atoms with E-state index >= 15 is 0 Å². The number of carbonyl (C=O) groups excluding carboxylic acids is 3. The Balaban J connectivity index is 1.17. The molecule has 0 saturated carbocycles. The molecule has 51 heavy (non-hydrogen) atoms. The lowest BCUT2D eigenvalue weighted by atomic mass is 9.89. The standard InChI is InChI=1S/C33H33N9O7S2/c1-33(2,31(47)48)49-39-25(22-16-51-32(35)37-22)24(43)11-21-28(44)42-26(30(45)46)20(15-50-29(21)42)14-40-9-8-23-19(13-40)7-10-41(23)12-17-3-5-18(6-4-17)27(34)38-36/h3-10,13,16,21,29H,11-12,14-15H2,1-2H3,(H7-,34,35,36,37,38,39,43,45,46,47,48)/t21-,29-/m1/s1. The molecule has 1 fully saturated rings. The molecule has 3 aromatic heterocycles. The highest BCUT2D eigenvalue weighted by molar-refractivity contribution is 8.00. The van der Waals surface area contributed by atoms with Gasteiger partial charge in [0, 0.05) is 47.5 Å². The second-order valence-corrected chi connectivity index (χ2v) is 14.4. The molecule has 0 unspecified atom stereocenters. The number of hydrazone groups is 1. The van der Waals surface area contributed by atoms with Gasteiger partial charge in [0.15, 0.2) is 35.6 Å². The van der Waals surface area contributed by atoms with Crippen molar-refractivity contribution in [3.63, 3.8) is 0 Å². The number of oxime groups is 1. The van der Waals surface area contributed by atoms with Crippen molar-refractivity contribution in [2.75, 3.05) is 11.5 Å². The third kappa shape index (κ3) is 7.00. The molecule has 6 rings (SSSR count). The molecule has 5 heterocycles. The van der Waals surface area contributed by atoms with Crippen molar-refractivity contribution < 1.29 is 38.8 Å². The number of nitrogens with two attached hydrogens (primary N) is 3. The highest BCUT2D eigenvalue weighted by Gasteiger charge is 2.53. The molecular formula is C33H33N9O7S2. The fourth-order valence-corrected chi connectivity index (χ4v) is 7.71. The summed E-state index contributed by atoms with van der Waals surface area (Å²) in [5.74, 6) is 0.952. The van der Waals surface area contributed by atoms with Gasteiger partial charge in [-0.15, -0.1) is 23.1 Å². The maximum absolute atomic E-state index is 13.5. The first-order valence-corrected chi connectivity index (χ1v) is 17.4. The summed E-state index contributed by atoms with van der Waals surface area (Å²) in [6, 6.07) is 11.5. The number of pyridine rings is 1. The number of β-lactam (4-membered cyclic amide) rings is 1. The predicted molar refractivity (Wildman–Crippen MR) is 187 cm³/mol. The van der Waals surface area contributed by atoms with Gasteiger partial charge in [0.05, 0.1) is 33.9 Å². The Morgan fingerprint density at radius 2 is 1.94 bits per heavy atom. The molecule has 7 N–H and O–H groups in total. The van der Waals surface area contributed by atoms with Crippen molar-refractivity contribution in [2.24, 2.45) is 27.8 Å². The highest BCUT2D eigenvalue weighted by Crippen LogP contribution is 2.45. The van der Waals surface area contributed by atoms with E-state index in [0.29, 0.717) is 12.1 Å². The number of rotatable bonds is 13. The average molecular weight is 732 g/mol. The van der Waals surface area contributed by atoms with Crippen molar-refractivity contribution >= 4 is 74.3 Å². The summed E-state index contributed by atoms with van der Waals surface area (Å²) >= 11 is 2.39. The predicted octanol–water partition coefficient (Wildman–Crippen LogP) is 0.373. The summed E-state index contributed by atoms with van der Waals surface area (Å²) in [5.41, 5.74) is 12.6. The molecule has 2 aliphatic rings. The van der Waals surface area contributed by atoms with E-state index in [-0.39, 0.29) is 46.8 Å². The number of aromatic nitrogens is 3. The van der Waals surface area contributed by atoms with Crippen LogP contribution in [0.15, 0.2) is 81.9 Å². The van der Waals surface area contributed by atoms with Crippen LogP contribution in [-0.4, -0.2) is 71.5 Å². The molecule has 16 nitrogen and oxygen atoms in total. The number of anilines is 1. The second kappa shape index (κ2) is 13.9. The monoisotopic (exact) mass is 731 g/mol. The summed E-state index contributed by atoms with van der Waals surface area (Å²) in [7, 11) is 0. The SMILES string of the molecule is CC(C)(O/N=C(\C(=O)C[C@@H]1C(=O)N2C(C(=O)[O-])=C(C[n+]3ccc4c(ccn4Cc4ccc(C(N)=NN)cc4)c3)CS[C@H]12)c1csc(N)n1)C(=O)O. The minimum Gasteiger partial charge on any atom is -0.543 e. The fourth-order valence-electron chi connectivity index (χ4n) is 5.76. The first-order chi connectivity index (χ1) is 24.3. The Bertz CT molecular complexity index is 2150. The molecular weight excluding hydrogens is 699 g/mol. The number of carbonyl (C=O) groups is 4. The van der Waals surface area contributed by atoms with Crippen LogP contribution < -0.4 is 27.0 Å². The van der Waals surface area contributed by atoms with Crippen LogP contribution in [0, 0.1) is 5.92 Å². The molecule has 1 amide bonds. The molecule has 18 heteroatoms. The van der Waals surface area contributed by atoms with Gasteiger partial charge in [0.2, 0.25) is 11.5 Å².